The van der Waals surface area contributed by atoms with Crippen LogP contribution in [0.5, 0.6) is 0 Å². The molecular formula is C20H20F3N5O3S. The van der Waals surface area contributed by atoms with Gasteiger partial charge in [0.2, 0.25) is 10.0 Å². The summed E-state index contributed by atoms with van der Waals surface area (Å²) in [4.78, 5) is 18.4. The molecular weight excluding hydrogens is 447 g/mol. The SMILES string of the molecule is Cc1ccc(C(F)(F)F)cc1S(=O)(=O)N1CCN(C(=O)c2cnn3cccnc23)[C@@H](C)C1. The number of alkyl halides is 3. The van der Waals surface area contributed by atoms with E-state index < -0.39 is 27.8 Å². The van der Waals surface area contributed by atoms with Crippen molar-refractivity contribution in [1.29, 1.82) is 0 Å². The van der Waals surface area contributed by atoms with Crippen LogP contribution in [0, 0.1) is 6.92 Å². The number of aromatic nitrogens is 3. The van der Waals surface area contributed by atoms with E-state index in [1.54, 1.807) is 25.4 Å². The molecule has 2 aromatic heterocycles. The van der Waals surface area contributed by atoms with Gasteiger partial charge in [0.25, 0.3) is 5.91 Å². The molecule has 12 heteroatoms. The molecule has 1 atom stereocenters. The van der Waals surface area contributed by atoms with Crippen molar-refractivity contribution in [1.82, 2.24) is 23.8 Å². The van der Waals surface area contributed by atoms with Crippen LogP contribution in [0.15, 0.2) is 47.8 Å². The van der Waals surface area contributed by atoms with Crippen LogP contribution in [0.25, 0.3) is 5.65 Å². The number of amides is 1. The third-order valence-corrected chi connectivity index (χ3v) is 7.50. The Morgan fingerprint density at radius 3 is 2.66 bits per heavy atom. The fraction of sp³-hybridized carbons (Fsp3) is 0.350. The number of hydrogen-bond donors (Lipinski definition) is 0. The number of sulfonamides is 1. The average molecular weight is 467 g/mol. The summed E-state index contributed by atoms with van der Waals surface area (Å²) < 4.78 is 68.2. The number of hydrogen-bond acceptors (Lipinski definition) is 5. The molecule has 8 nitrogen and oxygen atoms in total. The van der Waals surface area contributed by atoms with Gasteiger partial charge in [0.1, 0.15) is 5.56 Å². The lowest BCUT2D eigenvalue weighted by Gasteiger charge is -2.39. The lowest BCUT2D eigenvalue weighted by Crippen LogP contribution is -2.55. The predicted octanol–water partition coefficient (Wildman–Crippen LogP) is 2.59. The van der Waals surface area contributed by atoms with Gasteiger partial charge in [-0.05, 0) is 37.6 Å². The molecule has 0 bridgehead atoms. The fourth-order valence-electron chi connectivity index (χ4n) is 3.77. The van der Waals surface area contributed by atoms with Gasteiger partial charge in [0.15, 0.2) is 5.65 Å². The monoisotopic (exact) mass is 467 g/mol. The van der Waals surface area contributed by atoms with Crippen LogP contribution in [-0.4, -0.2) is 63.8 Å². The summed E-state index contributed by atoms with van der Waals surface area (Å²) in [6, 6.07) is 3.85. The summed E-state index contributed by atoms with van der Waals surface area (Å²) >= 11 is 0. The molecule has 0 radical (unpaired) electrons. The first kappa shape index (κ1) is 22.2. The van der Waals surface area contributed by atoms with Crippen LogP contribution in [0.2, 0.25) is 0 Å². The van der Waals surface area contributed by atoms with Gasteiger partial charge < -0.3 is 4.90 Å². The zero-order valence-corrected chi connectivity index (χ0v) is 18.1. The van der Waals surface area contributed by atoms with E-state index in [9.17, 15) is 26.4 Å². The predicted molar refractivity (Wildman–Crippen MR) is 108 cm³/mol. The second kappa shape index (κ2) is 7.85. The Bertz CT molecular complexity index is 1290. The van der Waals surface area contributed by atoms with Gasteiger partial charge in [0.05, 0.1) is 16.7 Å². The molecule has 0 aliphatic carbocycles. The molecule has 3 heterocycles. The van der Waals surface area contributed by atoms with E-state index in [2.05, 4.69) is 10.1 Å². The number of aryl methyl sites for hydroxylation is 1. The molecule has 1 aromatic carbocycles. The van der Waals surface area contributed by atoms with Crippen LogP contribution in [0.1, 0.15) is 28.4 Å². The van der Waals surface area contributed by atoms with E-state index in [4.69, 9.17) is 0 Å². The minimum absolute atomic E-state index is 0.0409. The molecule has 3 aromatic rings. The van der Waals surface area contributed by atoms with E-state index in [1.165, 1.54) is 22.5 Å². The van der Waals surface area contributed by atoms with E-state index in [0.29, 0.717) is 17.3 Å². The quantitative estimate of drug-likeness (QED) is 0.591. The minimum Gasteiger partial charge on any atom is -0.333 e. The zero-order valence-electron chi connectivity index (χ0n) is 17.2. The summed E-state index contributed by atoms with van der Waals surface area (Å²) in [5.74, 6) is -0.335. The largest absolute Gasteiger partial charge is 0.416 e. The summed E-state index contributed by atoms with van der Waals surface area (Å²) in [6.07, 6.45) is -0.0468. The average Bonchev–Trinajstić information content (AvgIpc) is 3.16. The van der Waals surface area contributed by atoms with Crippen molar-refractivity contribution in [2.75, 3.05) is 19.6 Å². The lowest BCUT2D eigenvalue weighted by molar-refractivity contribution is -0.137. The van der Waals surface area contributed by atoms with Gasteiger partial charge >= 0.3 is 6.18 Å². The molecule has 1 aliphatic rings. The molecule has 170 valence electrons. The molecule has 1 aliphatic heterocycles. The van der Waals surface area contributed by atoms with Gasteiger partial charge in [-0.15, -0.1) is 0 Å². The van der Waals surface area contributed by atoms with Gasteiger partial charge in [-0.1, -0.05) is 6.07 Å². The number of nitrogens with zero attached hydrogens (tertiary/aromatic N) is 5. The standard InChI is InChI=1S/C20H20F3N5O3S/c1-13-4-5-15(20(21,22)23)10-17(13)32(30,31)26-8-9-27(14(2)12-26)19(29)16-11-25-28-7-3-6-24-18(16)28/h3-7,10-11,14H,8-9,12H2,1-2H3/t14-/m0/s1. The van der Waals surface area contributed by atoms with Crippen LogP contribution < -0.4 is 0 Å². The Balaban J connectivity index is 1.57. The molecule has 1 fully saturated rings. The van der Waals surface area contributed by atoms with E-state index in [0.717, 1.165) is 16.4 Å². The highest BCUT2D eigenvalue weighted by Gasteiger charge is 2.38. The molecule has 0 saturated carbocycles. The van der Waals surface area contributed by atoms with Crippen molar-refractivity contribution in [3.05, 3.63) is 59.5 Å². The van der Waals surface area contributed by atoms with E-state index >= 15 is 0 Å². The molecule has 32 heavy (non-hydrogen) atoms. The second-order valence-electron chi connectivity index (χ2n) is 7.63. The second-order valence-corrected chi connectivity index (χ2v) is 9.54. The van der Waals surface area contributed by atoms with Crippen LogP contribution >= 0.6 is 0 Å². The Hall–Kier alpha value is -2.99. The fourth-order valence-corrected chi connectivity index (χ4v) is 5.53. The summed E-state index contributed by atoms with van der Waals surface area (Å²) in [5, 5.41) is 4.10. The van der Waals surface area contributed by atoms with Crippen LogP contribution in [0.4, 0.5) is 13.2 Å². The smallest absolute Gasteiger partial charge is 0.333 e. The number of piperazine rings is 1. The highest BCUT2D eigenvalue weighted by atomic mass is 32.2. The van der Waals surface area contributed by atoms with Gasteiger partial charge in [-0.3, -0.25) is 4.79 Å². The highest BCUT2D eigenvalue weighted by molar-refractivity contribution is 7.89. The first-order valence-corrected chi connectivity index (χ1v) is 11.2. The van der Waals surface area contributed by atoms with Crippen molar-refractivity contribution in [3.63, 3.8) is 0 Å². The molecule has 4 rings (SSSR count). The number of rotatable bonds is 3. The number of benzene rings is 1. The molecule has 0 spiro atoms. The third-order valence-electron chi connectivity index (χ3n) is 5.49. The lowest BCUT2D eigenvalue weighted by atomic mass is 10.1. The Labute approximate surface area is 182 Å². The number of fused-ring (bicyclic) bond motifs is 1. The first-order chi connectivity index (χ1) is 15.0. The maximum absolute atomic E-state index is 13.1. The van der Waals surface area contributed by atoms with Gasteiger partial charge in [-0.25, -0.2) is 17.9 Å². The normalized spacial score (nSPS) is 18.3. The zero-order chi connectivity index (χ0) is 23.3. The van der Waals surface area contributed by atoms with Crippen LogP contribution in [-0.2, 0) is 16.2 Å². The number of carbonyl (C=O) groups is 1. The summed E-state index contributed by atoms with van der Waals surface area (Å²) in [5.41, 5.74) is -0.118. The Morgan fingerprint density at radius 1 is 1.22 bits per heavy atom. The van der Waals surface area contributed by atoms with Crippen molar-refractivity contribution >= 4 is 21.6 Å². The topological polar surface area (TPSA) is 87.9 Å². The van der Waals surface area contributed by atoms with E-state index in [-0.39, 0.29) is 36.0 Å². The van der Waals surface area contributed by atoms with Crippen molar-refractivity contribution in [3.8, 4) is 0 Å². The van der Waals surface area contributed by atoms with Crippen molar-refractivity contribution in [2.45, 2.75) is 31.0 Å². The number of halogens is 3. The Kier molecular flexibility index (Phi) is 5.45. The van der Waals surface area contributed by atoms with E-state index in [1.807, 2.05) is 0 Å². The molecule has 0 N–H and O–H groups in total. The summed E-state index contributed by atoms with van der Waals surface area (Å²) in [6.45, 7) is 3.14. The number of carbonyl (C=O) groups excluding carboxylic acids is 1. The van der Waals surface area contributed by atoms with Crippen molar-refractivity contribution < 1.29 is 26.4 Å². The maximum Gasteiger partial charge on any atom is 0.416 e. The highest BCUT2D eigenvalue weighted by Crippen LogP contribution is 2.33. The van der Waals surface area contributed by atoms with Crippen LogP contribution in [0.3, 0.4) is 0 Å². The van der Waals surface area contributed by atoms with Gasteiger partial charge in [-0.2, -0.15) is 22.6 Å². The van der Waals surface area contributed by atoms with Crippen molar-refractivity contribution in [2.24, 2.45) is 0 Å². The van der Waals surface area contributed by atoms with Gasteiger partial charge in [0, 0.05) is 38.1 Å². The maximum atomic E-state index is 13.1. The summed E-state index contributed by atoms with van der Waals surface area (Å²) in [7, 11) is -4.18. The first-order valence-electron chi connectivity index (χ1n) is 9.77. The minimum atomic E-state index is -4.65. The third kappa shape index (κ3) is 3.84. The molecule has 1 amide bonds. The molecule has 1 saturated heterocycles. The Morgan fingerprint density at radius 2 is 1.97 bits per heavy atom. The molecule has 0 unspecified atom stereocenters.